The number of hydrogen-bond acceptors (Lipinski definition) is 3. The Morgan fingerprint density at radius 1 is 1.24 bits per heavy atom. The topological polar surface area (TPSA) is 69.2 Å². The van der Waals surface area contributed by atoms with Crippen LogP contribution in [0.5, 0.6) is 0 Å². The number of benzene rings is 1. The van der Waals surface area contributed by atoms with Crippen molar-refractivity contribution in [1.29, 1.82) is 0 Å². The minimum Gasteiger partial charge on any atom is -0.550 e. The minimum absolute atomic E-state index is 0.0757. The molecule has 1 aromatic carbocycles. The lowest BCUT2D eigenvalue weighted by Gasteiger charge is -2.27. The van der Waals surface area contributed by atoms with E-state index in [9.17, 15) is 19.1 Å². The van der Waals surface area contributed by atoms with Gasteiger partial charge in [0, 0.05) is 17.6 Å². The second-order valence-corrected chi connectivity index (χ2v) is 5.77. The number of aryl methyl sites for hydroxylation is 1. The Morgan fingerprint density at radius 2 is 1.90 bits per heavy atom. The molecule has 4 atom stereocenters. The van der Waals surface area contributed by atoms with E-state index in [4.69, 9.17) is 0 Å². The molecule has 0 saturated heterocycles. The first-order chi connectivity index (χ1) is 9.97. The zero-order chi connectivity index (χ0) is 15.1. The number of carboxylic acids is 1. The number of amides is 1. The molecular formula is C16H15FNO3-. The highest BCUT2D eigenvalue weighted by molar-refractivity contribution is 5.96. The van der Waals surface area contributed by atoms with Crippen LogP contribution < -0.4 is 10.4 Å². The molecule has 0 unspecified atom stereocenters. The molecule has 2 aliphatic rings. The average molecular weight is 288 g/mol. The lowest BCUT2D eigenvalue weighted by molar-refractivity contribution is -0.313. The zero-order valence-corrected chi connectivity index (χ0v) is 11.5. The summed E-state index contributed by atoms with van der Waals surface area (Å²) in [7, 11) is 0. The molecule has 3 rings (SSSR count). The van der Waals surface area contributed by atoms with Crippen molar-refractivity contribution in [3.63, 3.8) is 0 Å². The van der Waals surface area contributed by atoms with E-state index in [1.54, 1.807) is 19.1 Å². The van der Waals surface area contributed by atoms with Crippen LogP contribution in [0.15, 0.2) is 30.4 Å². The molecule has 1 N–H and O–H groups in total. The standard InChI is InChI=1S/C16H16FNO3/c1-8-2-5-11(7-12(8)17)18-15(19)13-9-3-4-10(6-9)14(13)16(20)21/h2-5,7,9-10,13-14H,6H2,1H3,(H,18,19)(H,20,21)/p-1/t9-,10+,13+,14+/m1/s1. The lowest BCUT2D eigenvalue weighted by Crippen LogP contribution is -2.42. The summed E-state index contributed by atoms with van der Waals surface area (Å²) in [6.45, 7) is 1.63. The third kappa shape index (κ3) is 2.33. The highest BCUT2D eigenvalue weighted by Crippen LogP contribution is 2.48. The predicted molar refractivity (Wildman–Crippen MR) is 72.5 cm³/mol. The van der Waals surface area contributed by atoms with Crippen molar-refractivity contribution >= 4 is 17.6 Å². The summed E-state index contributed by atoms with van der Waals surface area (Å²) in [5, 5.41) is 13.9. The van der Waals surface area contributed by atoms with Gasteiger partial charge in [0.15, 0.2) is 0 Å². The number of hydrogen-bond donors (Lipinski definition) is 1. The molecular weight excluding hydrogens is 273 g/mol. The van der Waals surface area contributed by atoms with Crippen molar-refractivity contribution in [1.82, 2.24) is 0 Å². The second-order valence-electron chi connectivity index (χ2n) is 5.77. The molecule has 0 aromatic heterocycles. The van der Waals surface area contributed by atoms with Gasteiger partial charge in [0.1, 0.15) is 5.82 Å². The van der Waals surface area contributed by atoms with E-state index in [-0.39, 0.29) is 17.7 Å². The zero-order valence-electron chi connectivity index (χ0n) is 11.5. The summed E-state index contributed by atoms with van der Waals surface area (Å²) < 4.78 is 13.5. The maximum absolute atomic E-state index is 13.5. The van der Waals surface area contributed by atoms with Gasteiger partial charge in [0.25, 0.3) is 0 Å². The molecule has 0 heterocycles. The SMILES string of the molecule is Cc1ccc(NC(=O)[C@@H]2[C@@H](C(=O)[O-])[C@H]3C=C[C@@H]2C3)cc1F. The van der Waals surface area contributed by atoms with Gasteiger partial charge in [-0.05, 0) is 42.9 Å². The van der Waals surface area contributed by atoms with Crippen molar-refractivity contribution in [3.8, 4) is 0 Å². The number of aliphatic carboxylic acids is 1. The van der Waals surface area contributed by atoms with Gasteiger partial charge >= 0.3 is 0 Å². The highest BCUT2D eigenvalue weighted by Gasteiger charge is 2.48. The quantitative estimate of drug-likeness (QED) is 0.851. The van der Waals surface area contributed by atoms with Crippen molar-refractivity contribution in [3.05, 3.63) is 41.7 Å². The molecule has 2 aliphatic carbocycles. The number of carboxylic acid groups (broad SMARTS) is 1. The fraction of sp³-hybridized carbons (Fsp3) is 0.375. The van der Waals surface area contributed by atoms with Crippen molar-refractivity contribution in [2.75, 3.05) is 5.32 Å². The molecule has 110 valence electrons. The van der Waals surface area contributed by atoms with Gasteiger partial charge in [-0.15, -0.1) is 0 Å². The maximum atomic E-state index is 13.5. The fourth-order valence-corrected chi connectivity index (χ4v) is 3.40. The van der Waals surface area contributed by atoms with Crippen molar-refractivity contribution < 1.29 is 19.1 Å². The maximum Gasteiger partial charge on any atom is 0.228 e. The Morgan fingerprint density at radius 3 is 2.52 bits per heavy atom. The number of rotatable bonds is 3. The van der Waals surface area contributed by atoms with Crippen LogP contribution in [0.2, 0.25) is 0 Å². The first-order valence-corrected chi connectivity index (χ1v) is 6.93. The van der Waals surface area contributed by atoms with E-state index in [0.717, 1.165) is 0 Å². The Bertz CT molecular complexity index is 640. The monoisotopic (exact) mass is 288 g/mol. The molecule has 4 nitrogen and oxygen atoms in total. The molecule has 1 aromatic rings. The van der Waals surface area contributed by atoms with Crippen LogP contribution in [0, 0.1) is 36.4 Å². The Hall–Kier alpha value is -2.17. The van der Waals surface area contributed by atoms with Gasteiger partial charge in [-0.2, -0.15) is 0 Å². The third-order valence-corrected chi connectivity index (χ3v) is 4.47. The molecule has 1 saturated carbocycles. The van der Waals surface area contributed by atoms with Crippen LogP contribution in [0.4, 0.5) is 10.1 Å². The number of halogens is 1. The first-order valence-electron chi connectivity index (χ1n) is 6.93. The van der Waals surface area contributed by atoms with Gasteiger partial charge in [-0.3, -0.25) is 4.79 Å². The minimum atomic E-state index is -1.19. The molecule has 2 bridgehead atoms. The molecule has 0 radical (unpaired) electrons. The van der Waals surface area contributed by atoms with Crippen LogP contribution in [0.1, 0.15) is 12.0 Å². The second kappa shape index (κ2) is 4.98. The normalized spacial score (nSPS) is 29.6. The largest absolute Gasteiger partial charge is 0.550 e. The first kappa shape index (κ1) is 13.8. The van der Waals surface area contributed by atoms with E-state index in [1.165, 1.54) is 6.07 Å². The summed E-state index contributed by atoms with van der Waals surface area (Å²) in [6.07, 6.45) is 4.41. The fourth-order valence-electron chi connectivity index (χ4n) is 3.40. The van der Waals surface area contributed by atoms with Gasteiger partial charge in [0.2, 0.25) is 5.91 Å². The Labute approximate surface area is 121 Å². The van der Waals surface area contributed by atoms with Crippen LogP contribution in [-0.4, -0.2) is 11.9 Å². The summed E-state index contributed by atoms with van der Waals surface area (Å²) in [5.74, 6) is -3.63. The van der Waals surface area contributed by atoms with Crippen molar-refractivity contribution in [2.24, 2.45) is 23.7 Å². The predicted octanol–water partition coefficient (Wildman–Crippen LogP) is 1.26. The molecule has 1 fully saturated rings. The van der Waals surface area contributed by atoms with Crippen LogP contribution in [-0.2, 0) is 9.59 Å². The van der Waals surface area contributed by atoms with Gasteiger partial charge in [-0.25, -0.2) is 4.39 Å². The summed E-state index contributed by atoms with van der Waals surface area (Å²) in [4.78, 5) is 23.6. The molecule has 0 aliphatic heterocycles. The molecule has 1 amide bonds. The van der Waals surface area contributed by atoms with Crippen molar-refractivity contribution in [2.45, 2.75) is 13.3 Å². The number of carbonyl (C=O) groups excluding carboxylic acids is 2. The number of allylic oxidation sites excluding steroid dienone is 2. The van der Waals surface area contributed by atoms with E-state index in [1.807, 2.05) is 12.2 Å². The number of fused-ring (bicyclic) bond motifs is 2. The van der Waals surface area contributed by atoms with E-state index in [2.05, 4.69) is 5.32 Å². The third-order valence-electron chi connectivity index (χ3n) is 4.47. The average Bonchev–Trinajstić information content (AvgIpc) is 3.03. The number of nitrogens with one attached hydrogen (secondary N) is 1. The molecule has 5 heteroatoms. The van der Waals surface area contributed by atoms with Gasteiger partial charge in [0.05, 0.1) is 5.92 Å². The lowest BCUT2D eigenvalue weighted by atomic mass is 9.82. The van der Waals surface area contributed by atoms with E-state index in [0.29, 0.717) is 17.7 Å². The number of anilines is 1. The summed E-state index contributed by atoms with van der Waals surface area (Å²) in [5.41, 5.74) is 0.829. The van der Waals surface area contributed by atoms with Gasteiger partial charge in [-0.1, -0.05) is 18.2 Å². The van der Waals surface area contributed by atoms with Crippen LogP contribution >= 0.6 is 0 Å². The van der Waals surface area contributed by atoms with Gasteiger partial charge < -0.3 is 15.2 Å². The van der Waals surface area contributed by atoms with E-state index >= 15 is 0 Å². The Balaban J connectivity index is 1.80. The summed E-state index contributed by atoms with van der Waals surface area (Å²) >= 11 is 0. The Kier molecular flexibility index (Phi) is 3.27. The van der Waals surface area contributed by atoms with Crippen LogP contribution in [0.25, 0.3) is 0 Å². The summed E-state index contributed by atoms with van der Waals surface area (Å²) in [6, 6.07) is 4.42. The smallest absolute Gasteiger partial charge is 0.228 e. The van der Waals surface area contributed by atoms with Crippen LogP contribution in [0.3, 0.4) is 0 Å². The molecule has 0 spiro atoms. The highest BCUT2D eigenvalue weighted by atomic mass is 19.1. The van der Waals surface area contributed by atoms with E-state index < -0.39 is 23.6 Å². The molecule has 21 heavy (non-hydrogen) atoms. The number of carbonyl (C=O) groups is 2.